The van der Waals surface area contributed by atoms with E-state index in [-0.39, 0.29) is 0 Å². The highest BCUT2D eigenvalue weighted by Crippen LogP contribution is 2.22. The van der Waals surface area contributed by atoms with Crippen LogP contribution >= 0.6 is 15.9 Å². The quantitative estimate of drug-likeness (QED) is 0.618. The van der Waals surface area contributed by atoms with E-state index in [1.165, 1.54) is 6.20 Å². The first-order chi connectivity index (χ1) is 9.70. The summed E-state index contributed by atoms with van der Waals surface area (Å²) in [5.74, 6) is -0.00540. The van der Waals surface area contributed by atoms with Gasteiger partial charge in [0.1, 0.15) is 16.8 Å². The van der Waals surface area contributed by atoms with Crippen LogP contribution in [0, 0.1) is 0 Å². The molecule has 104 valence electrons. The summed E-state index contributed by atoms with van der Waals surface area (Å²) in [4.78, 5) is 16.0. The summed E-state index contributed by atoms with van der Waals surface area (Å²) < 4.78 is 11.2. The molecule has 0 radical (unpaired) electrons. The van der Waals surface area contributed by atoms with E-state index >= 15 is 0 Å². The summed E-state index contributed by atoms with van der Waals surface area (Å²) >= 11 is 3.24. The lowest BCUT2D eigenvalue weighted by atomic mass is 10.2. The third-order valence-corrected chi connectivity index (χ3v) is 3.00. The zero-order valence-electron chi connectivity index (χ0n) is 11.0. The van der Waals surface area contributed by atoms with Gasteiger partial charge >= 0.3 is 5.97 Å². The van der Waals surface area contributed by atoms with Crippen LogP contribution in [0.4, 0.5) is 0 Å². The molecule has 0 aliphatic heterocycles. The zero-order valence-corrected chi connectivity index (χ0v) is 12.6. The number of aromatic nitrogens is 1. The molecule has 5 heteroatoms. The zero-order chi connectivity index (χ0) is 14.4. The molecule has 0 unspecified atom stereocenters. The Morgan fingerprint density at radius 2 is 2.05 bits per heavy atom. The fraction of sp³-hybridized carbons (Fsp3) is 0.200. The lowest BCUT2D eigenvalue weighted by Crippen LogP contribution is -2.08. The minimum Gasteiger partial charge on any atom is -0.486 e. The largest absolute Gasteiger partial charge is 0.486 e. The number of hydrogen-bond acceptors (Lipinski definition) is 4. The predicted molar refractivity (Wildman–Crippen MR) is 78.7 cm³/mol. The molecule has 4 nitrogen and oxygen atoms in total. The number of carbonyl (C=O) groups excluding carboxylic acids is 1. The van der Waals surface area contributed by atoms with Gasteiger partial charge in [0.2, 0.25) is 0 Å². The normalized spacial score (nSPS) is 10.1. The van der Waals surface area contributed by atoms with Gasteiger partial charge in [-0.3, -0.25) is 0 Å². The highest BCUT2D eigenvalue weighted by Gasteiger charge is 2.15. The summed E-state index contributed by atoms with van der Waals surface area (Å²) in [6.07, 6.45) is 1.51. The third-order valence-electron chi connectivity index (χ3n) is 2.57. The van der Waals surface area contributed by atoms with Crippen LogP contribution in [0.15, 0.2) is 47.2 Å². The van der Waals surface area contributed by atoms with Crippen LogP contribution < -0.4 is 4.74 Å². The molecule has 1 heterocycles. The van der Waals surface area contributed by atoms with Gasteiger partial charge in [-0.15, -0.1) is 0 Å². The van der Waals surface area contributed by atoms with Crippen LogP contribution in [0.1, 0.15) is 22.8 Å². The molecule has 0 fully saturated rings. The van der Waals surface area contributed by atoms with Crippen LogP contribution in [-0.4, -0.2) is 17.6 Å². The molecule has 0 saturated heterocycles. The van der Waals surface area contributed by atoms with Crippen molar-refractivity contribution in [2.75, 3.05) is 6.61 Å². The Kier molecular flexibility index (Phi) is 5.12. The van der Waals surface area contributed by atoms with Gasteiger partial charge in [0, 0.05) is 0 Å². The molecule has 0 bridgehead atoms. The fourth-order valence-electron chi connectivity index (χ4n) is 1.64. The number of carbonyl (C=O) groups is 1. The van der Waals surface area contributed by atoms with Gasteiger partial charge in [-0.25, -0.2) is 9.78 Å². The van der Waals surface area contributed by atoms with Crippen LogP contribution in [0.2, 0.25) is 0 Å². The van der Waals surface area contributed by atoms with E-state index in [4.69, 9.17) is 9.47 Å². The molecular weight excluding hydrogens is 322 g/mol. The molecule has 2 rings (SSSR count). The number of rotatable bonds is 5. The molecule has 0 aliphatic rings. The van der Waals surface area contributed by atoms with Gasteiger partial charge in [0.05, 0.1) is 12.8 Å². The average Bonchev–Trinajstić information content (AvgIpc) is 2.47. The van der Waals surface area contributed by atoms with Crippen molar-refractivity contribution in [3.63, 3.8) is 0 Å². The van der Waals surface area contributed by atoms with E-state index in [0.29, 0.717) is 29.1 Å². The van der Waals surface area contributed by atoms with Gasteiger partial charge in [-0.2, -0.15) is 0 Å². The first kappa shape index (κ1) is 14.5. The minimum absolute atomic E-state index is 0.316. The molecule has 0 aliphatic carbocycles. The number of benzene rings is 1. The Balaban J connectivity index is 2.16. The topological polar surface area (TPSA) is 48.4 Å². The first-order valence-corrected chi connectivity index (χ1v) is 6.99. The maximum absolute atomic E-state index is 11.9. The van der Waals surface area contributed by atoms with E-state index in [9.17, 15) is 4.79 Å². The standard InChI is InChI=1S/C15H14BrNO3/c1-2-19-15(18)12-8-14(16)17-9-13(12)20-10-11-6-4-3-5-7-11/h3-9H,2,10H2,1H3. The summed E-state index contributed by atoms with van der Waals surface area (Å²) in [7, 11) is 0. The highest BCUT2D eigenvalue weighted by molar-refractivity contribution is 9.10. The fourth-order valence-corrected chi connectivity index (χ4v) is 1.97. The molecule has 20 heavy (non-hydrogen) atoms. The minimum atomic E-state index is -0.418. The predicted octanol–water partition coefficient (Wildman–Crippen LogP) is 3.60. The highest BCUT2D eigenvalue weighted by atomic mass is 79.9. The van der Waals surface area contributed by atoms with Crippen molar-refractivity contribution in [3.8, 4) is 5.75 Å². The number of esters is 1. The van der Waals surface area contributed by atoms with Crippen LogP contribution in [0.5, 0.6) is 5.75 Å². The van der Waals surface area contributed by atoms with Gasteiger partial charge in [0.15, 0.2) is 5.75 Å². The molecular formula is C15H14BrNO3. The number of hydrogen-bond donors (Lipinski definition) is 0. The number of nitrogens with zero attached hydrogens (tertiary/aromatic N) is 1. The van der Waals surface area contributed by atoms with Crippen LogP contribution in [0.3, 0.4) is 0 Å². The van der Waals surface area contributed by atoms with E-state index in [1.54, 1.807) is 13.0 Å². The van der Waals surface area contributed by atoms with Gasteiger partial charge < -0.3 is 9.47 Å². The van der Waals surface area contributed by atoms with Crippen molar-refractivity contribution < 1.29 is 14.3 Å². The Morgan fingerprint density at radius 3 is 2.75 bits per heavy atom. The first-order valence-electron chi connectivity index (χ1n) is 6.20. The molecule has 0 N–H and O–H groups in total. The van der Waals surface area contributed by atoms with Gasteiger partial charge in [-0.05, 0) is 34.5 Å². The maximum Gasteiger partial charge on any atom is 0.342 e. The van der Waals surface area contributed by atoms with Crippen molar-refractivity contribution in [2.24, 2.45) is 0 Å². The smallest absolute Gasteiger partial charge is 0.342 e. The average molecular weight is 336 g/mol. The maximum atomic E-state index is 11.9. The second-order valence-corrected chi connectivity index (χ2v) is 4.81. The number of ether oxygens (including phenoxy) is 2. The molecule has 0 saturated carbocycles. The van der Waals surface area contributed by atoms with Gasteiger partial charge in [0.25, 0.3) is 0 Å². The van der Waals surface area contributed by atoms with E-state index < -0.39 is 5.97 Å². The number of pyridine rings is 1. The molecule has 2 aromatic rings. The van der Waals surface area contributed by atoms with Crippen LogP contribution in [0.25, 0.3) is 0 Å². The third kappa shape index (κ3) is 3.81. The molecule has 1 aromatic heterocycles. The van der Waals surface area contributed by atoms with Crippen molar-refractivity contribution in [3.05, 3.63) is 58.3 Å². The second-order valence-electron chi connectivity index (χ2n) is 4.00. The SMILES string of the molecule is CCOC(=O)c1cc(Br)ncc1OCc1ccccc1. The van der Waals surface area contributed by atoms with Gasteiger partial charge in [-0.1, -0.05) is 30.3 Å². The Bertz CT molecular complexity index is 587. The van der Waals surface area contributed by atoms with Crippen molar-refractivity contribution in [1.82, 2.24) is 4.98 Å². The summed E-state index contributed by atoms with van der Waals surface area (Å²) in [5, 5.41) is 0. The second kappa shape index (κ2) is 7.05. The van der Waals surface area contributed by atoms with Crippen molar-refractivity contribution >= 4 is 21.9 Å². The monoisotopic (exact) mass is 335 g/mol. The molecule has 0 amide bonds. The summed E-state index contributed by atoms with van der Waals surface area (Å²) in [5.41, 5.74) is 1.38. The Hall–Kier alpha value is -1.88. The summed E-state index contributed by atoms with van der Waals surface area (Å²) in [6.45, 7) is 2.45. The number of halogens is 1. The Morgan fingerprint density at radius 1 is 1.30 bits per heavy atom. The van der Waals surface area contributed by atoms with Crippen molar-refractivity contribution in [2.45, 2.75) is 13.5 Å². The van der Waals surface area contributed by atoms with E-state index in [0.717, 1.165) is 5.56 Å². The van der Waals surface area contributed by atoms with Crippen molar-refractivity contribution in [1.29, 1.82) is 0 Å². The lowest BCUT2D eigenvalue weighted by molar-refractivity contribution is 0.0521. The molecule has 0 atom stereocenters. The Labute approximate surface area is 125 Å². The molecule has 1 aromatic carbocycles. The lowest BCUT2D eigenvalue weighted by Gasteiger charge is -2.10. The van der Waals surface area contributed by atoms with E-state index in [2.05, 4.69) is 20.9 Å². The van der Waals surface area contributed by atoms with Crippen LogP contribution in [-0.2, 0) is 11.3 Å². The van der Waals surface area contributed by atoms with E-state index in [1.807, 2.05) is 30.3 Å². The summed E-state index contributed by atoms with van der Waals surface area (Å²) in [6, 6.07) is 11.3. The molecule has 0 spiro atoms.